The van der Waals surface area contributed by atoms with Crippen molar-refractivity contribution in [1.29, 1.82) is 0 Å². The molecule has 0 saturated heterocycles. The highest BCUT2D eigenvalue weighted by atomic mass is 79.9. The van der Waals surface area contributed by atoms with Crippen LogP contribution in [-0.4, -0.2) is 29.9 Å². The molecule has 88 valence electrons. The molecule has 0 spiro atoms. The predicted molar refractivity (Wildman–Crippen MR) is 70.2 cm³/mol. The molecule has 1 aromatic rings. The Morgan fingerprint density at radius 3 is 3.06 bits per heavy atom. The summed E-state index contributed by atoms with van der Waals surface area (Å²) in [7, 11) is 0. The zero-order valence-corrected chi connectivity index (χ0v) is 11.2. The topological polar surface area (TPSA) is 12.5 Å². The van der Waals surface area contributed by atoms with Gasteiger partial charge < -0.3 is 4.74 Å². The Kier molecular flexibility index (Phi) is 4.24. The lowest BCUT2D eigenvalue weighted by molar-refractivity contribution is 0.209. The lowest BCUT2D eigenvalue weighted by atomic mass is 10.1. The summed E-state index contributed by atoms with van der Waals surface area (Å²) < 4.78 is 5.74. The smallest absolute Gasteiger partial charge is 0.123 e. The third-order valence-electron chi connectivity index (χ3n) is 2.86. The van der Waals surface area contributed by atoms with Gasteiger partial charge in [-0.15, -0.1) is 0 Å². The van der Waals surface area contributed by atoms with Crippen LogP contribution in [0.1, 0.15) is 12.5 Å². The molecule has 16 heavy (non-hydrogen) atoms. The van der Waals surface area contributed by atoms with Gasteiger partial charge in [0.2, 0.25) is 0 Å². The molecular formula is C13H18BrNO. The Bertz CT molecular complexity index is 342. The Morgan fingerprint density at radius 2 is 2.25 bits per heavy atom. The van der Waals surface area contributed by atoms with Gasteiger partial charge in [0.25, 0.3) is 0 Å². The van der Waals surface area contributed by atoms with Crippen LogP contribution in [0.15, 0.2) is 24.3 Å². The first-order chi connectivity index (χ1) is 7.79. The number of hydrogen-bond acceptors (Lipinski definition) is 2. The van der Waals surface area contributed by atoms with Gasteiger partial charge in [0.15, 0.2) is 0 Å². The summed E-state index contributed by atoms with van der Waals surface area (Å²) >= 11 is 3.53. The van der Waals surface area contributed by atoms with Crippen molar-refractivity contribution in [2.75, 3.05) is 25.0 Å². The van der Waals surface area contributed by atoms with Crippen LogP contribution in [0.5, 0.6) is 5.75 Å². The summed E-state index contributed by atoms with van der Waals surface area (Å²) in [5.74, 6) is 1.74. The molecule has 1 heterocycles. The average Bonchev–Trinajstić information content (AvgIpc) is 2.50. The van der Waals surface area contributed by atoms with E-state index in [2.05, 4.69) is 46.0 Å². The molecule has 1 aliphatic rings. The normalized spacial score (nSPS) is 18.4. The van der Waals surface area contributed by atoms with E-state index in [1.807, 2.05) is 6.07 Å². The van der Waals surface area contributed by atoms with Crippen molar-refractivity contribution in [3.63, 3.8) is 0 Å². The largest absolute Gasteiger partial charge is 0.492 e. The second-order valence-electron chi connectivity index (χ2n) is 4.45. The first kappa shape index (κ1) is 11.9. The van der Waals surface area contributed by atoms with Gasteiger partial charge in [-0.3, -0.25) is 4.90 Å². The highest BCUT2D eigenvalue weighted by Crippen LogP contribution is 2.22. The summed E-state index contributed by atoms with van der Waals surface area (Å²) in [6.45, 7) is 6.22. The standard InChI is InChI=1S/C13H18BrNO/c1-11(8-14)9-15-6-7-16-13-5-3-2-4-12(13)10-15/h2-5,11H,6-10H2,1H3. The molecular weight excluding hydrogens is 266 g/mol. The summed E-state index contributed by atoms with van der Waals surface area (Å²) in [6, 6.07) is 8.34. The minimum Gasteiger partial charge on any atom is -0.492 e. The Morgan fingerprint density at radius 1 is 1.44 bits per heavy atom. The molecule has 1 aromatic carbocycles. The van der Waals surface area contributed by atoms with Crippen molar-refractivity contribution in [3.05, 3.63) is 29.8 Å². The highest BCUT2D eigenvalue weighted by molar-refractivity contribution is 9.09. The quantitative estimate of drug-likeness (QED) is 0.791. The van der Waals surface area contributed by atoms with Crippen molar-refractivity contribution in [1.82, 2.24) is 4.90 Å². The minimum atomic E-state index is 0.685. The van der Waals surface area contributed by atoms with E-state index < -0.39 is 0 Å². The van der Waals surface area contributed by atoms with Gasteiger partial charge in [-0.05, 0) is 12.0 Å². The van der Waals surface area contributed by atoms with Crippen molar-refractivity contribution in [3.8, 4) is 5.75 Å². The molecule has 0 saturated carbocycles. The number of nitrogens with zero attached hydrogens (tertiary/aromatic N) is 1. The van der Waals surface area contributed by atoms with Crippen LogP contribution in [0.2, 0.25) is 0 Å². The van der Waals surface area contributed by atoms with E-state index in [0.717, 1.165) is 37.3 Å². The molecule has 0 amide bonds. The van der Waals surface area contributed by atoms with Gasteiger partial charge in [-0.1, -0.05) is 41.1 Å². The van der Waals surface area contributed by atoms with Gasteiger partial charge in [0.05, 0.1) is 0 Å². The fraction of sp³-hybridized carbons (Fsp3) is 0.538. The minimum absolute atomic E-state index is 0.685. The van der Waals surface area contributed by atoms with Gasteiger partial charge >= 0.3 is 0 Å². The van der Waals surface area contributed by atoms with Crippen LogP contribution < -0.4 is 4.74 Å². The Labute approximate surface area is 106 Å². The molecule has 0 fully saturated rings. The lowest BCUT2D eigenvalue weighted by Gasteiger charge is -2.22. The number of halogens is 1. The zero-order chi connectivity index (χ0) is 11.4. The highest BCUT2D eigenvalue weighted by Gasteiger charge is 2.16. The predicted octanol–water partition coefficient (Wildman–Crippen LogP) is 2.91. The first-order valence-corrected chi connectivity index (χ1v) is 6.90. The molecule has 1 unspecified atom stereocenters. The van der Waals surface area contributed by atoms with Crippen LogP contribution in [0.3, 0.4) is 0 Å². The fourth-order valence-electron chi connectivity index (χ4n) is 2.03. The first-order valence-electron chi connectivity index (χ1n) is 5.78. The number of fused-ring (bicyclic) bond motifs is 1. The summed E-state index contributed by atoms with van der Waals surface area (Å²) in [5.41, 5.74) is 1.31. The number of benzene rings is 1. The number of para-hydroxylation sites is 1. The molecule has 1 atom stereocenters. The Balaban J connectivity index is 2.05. The Hall–Kier alpha value is -0.540. The van der Waals surface area contributed by atoms with Crippen LogP contribution in [-0.2, 0) is 6.54 Å². The second-order valence-corrected chi connectivity index (χ2v) is 5.10. The maximum atomic E-state index is 5.74. The van der Waals surface area contributed by atoms with Crippen molar-refractivity contribution >= 4 is 15.9 Å². The second kappa shape index (κ2) is 5.69. The molecule has 0 bridgehead atoms. The van der Waals surface area contributed by atoms with E-state index in [1.54, 1.807) is 0 Å². The van der Waals surface area contributed by atoms with Gasteiger partial charge in [-0.2, -0.15) is 0 Å². The number of hydrogen-bond donors (Lipinski definition) is 0. The third kappa shape index (κ3) is 2.98. The van der Waals surface area contributed by atoms with Crippen LogP contribution in [0.4, 0.5) is 0 Å². The molecule has 2 rings (SSSR count). The molecule has 0 radical (unpaired) electrons. The summed E-state index contributed by atoms with van der Waals surface area (Å²) in [6.07, 6.45) is 0. The molecule has 0 N–H and O–H groups in total. The fourth-order valence-corrected chi connectivity index (χ4v) is 2.23. The molecule has 0 aliphatic carbocycles. The van der Waals surface area contributed by atoms with Crippen molar-refractivity contribution in [2.45, 2.75) is 13.5 Å². The molecule has 3 heteroatoms. The lowest BCUT2D eigenvalue weighted by Crippen LogP contribution is -2.30. The van der Waals surface area contributed by atoms with Crippen LogP contribution in [0, 0.1) is 5.92 Å². The maximum Gasteiger partial charge on any atom is 0.123 e. The number of rotatable bonds is 3. The number of alkyl halides is 1. The molecule has 0 aromatic heterocycles. The zero-order valence-electron chi connectivity index (χ0n) is 9.66. The summed E-state index contributed by atoms with van der Waals surface area (Å²) in [5, 5.41) is 1.06. The van der Waals surface area contributed by atoms with E-state index in [0.29, 0.717) is 5.92 Å². The third-order valence-corrected chi connectivity index (χ3v) is 3.97. The van der Waals surface area contributed by atoms with E-state index in [4.69, 9.17) is 4.74 Å². The summed E-state index contributed by atoms with van der Waals surface area (Å²) in [4.78, 5) is 2.47. The van der Waals surface area contributed by atoms with Gasteiger partial charge in [-0.25, -0.2) is 0 Å². The van der Waals surface area contributed by atoms with E-state index >= 15 is 0 Å². The van der Waals surface area contributed by atoms with E-state index in [-0.39, 0.29) is 0 Å². The SMILES string of the molecule is CC(CBr)CN1CCOc2ccccc2C1. The van der Waals surface area contributed by atoms with E-state index in [1.165, 1.54) is 5.56 Å². The van der Waals surface area contributed by atoms with Gasteiger partial charge in [0, 0.05) is 30.5 Å². The van der Waals surface area contributed by atoms with Crippen LogP contribution in [0.25, 0.3) is 0 Å². The van der Waals surface area contributed by atoms with Crippen molar-refractivity contribution < 1.29 is 4.74 Å². The maximum absolute atomic E-state index is 5.74. The van der Waals surface area contributed by atoms with E-state index in [9.17, 15) is 0 Å². The van der Waals surface area contributed by atoms with Crippen LogP contribution >= 0.6 is 15.9 Å². The van der Waals surface area contributed by atoms with Crippen molar-refractivity contribution in [2.24, 2.45) is 5.92 Å². The molecule has 1 aliphatic heterocycles. The molecule has 2 nitrogen and oxygen atoms in total. The van der Waals surface area contributed by atoms with Gasteiger partial charge in [0.1, 0.15) is 12.4 Å². The monoisotopic (exact) mass is 283 g/mol. The number of ether oxygens (including phenoxy) is 1. The average molecular weight is 284 g/mol.